The smallest absolute Gasteiger partial charge is 0.180 e. The number of likely N-dealkylation sites (tertiary alicyclic amines) is 1. The molecule has 1 saturated heterocycles. The predicted octanol–water partition coefficient (Wildman–Crippen LogP) is 5.68. The molecular formula is C23H29Cl2FN2O2. The summed E-state index contributed by atoms with van der Waals surface area (Å²) in [5.41, 5.74) is 1.72. The van der Waals surface area contributed by atoms with E-state index < -0.39 is 0 Å². The molecule has 0 saturated carbocycles. The van der Waals surface area contributed by atoms with Crippen molar-refractivity contribution >= 4 is 23.2 Å². The van der Waals surface area contributed by atoms with Gasteiger partial charge < -0.3 is 14.8 Å². The summed E-state index contributed by atoms with van der Waals surface area (Å²) in [7, 11) is 0. The zero-order valence-corrected chi connectivity index (χ0v) is 19.0. The summed E-state index contributed by atoms with van der Waals surface area (Å²) in [6, 6.07) is 8.67. The fourth-order valence-corrected chi connectivity index (χ4v) is 4.35. The minimum atomic E-state index is -0.381. The molecule has 0 unspecified atom stereocenters. The highest BCUT2D eigenvalue weighted by Gasteiger charge is 2.22. The van der Waals surface area contributed by atoms with Crippen LogP contribution in [0.4, 0.5) is 4.39 Å². The van der Waals surface area contributed by atoms with E-state index in [4.69, 9.17) is 32.7 Å². The molecule has 164 valence electrons. The first-order valence-corrected chi connectivity index (χ1v) is 11.2. The van der Waals surface area contributed by atoms with Gasteiger partial charge in [0.1, 0.15) is 12.4 Å². The molecule has 0 bridgehead atoms. The van der Waals surface area contributed by atoms with Crippen molar-refractivity contribution in [3.63, 3.8) is 0 Å². The van der Waals surface area contributed by atoms with Gasteiger partial charge in [-0.1, -0.05) is 36.2 Å². The maximum Gasteiger partial charge on any atom is 0.180 e. The number of ether oxygens (including phenoxy) is 2. The van der Waals surface area contributed by atoms with Gasteiger partial charge in [0.05, 0.1) is 16.7 Å². The van der Waals surface area contributed by atoms with Crippen molar-refractivity contribution < 1.29 is 13.9 Å². The number of likely N-dealkylation sites (N-methyl/N-ethyl adjacent to an activating group) is 1. The number of hydrogen-bond donors (Lipinski definition) is 1. The summed E-state index contributed by atoms with van der Waals surface area (Å²) >= 11 is 12.6. The Balaban J connectivity index is 1.65. The Labute approximate surface area is 188 Å². The van der Waals surface area contributed by atoms with Crippen LogP contribution in [0.15, 0.2) is 30.3 Å². The Hall–Kier alpha value is -1.53. The van der Waals surface area contributed by atoms with Crippen molar-refractivity contribution in [2.75, 3.05) is 26.2 Å². The summed E-state index contributed by atoms with van der Waals surface area (Å²) in [6.07, 6.45) is 2.51. The highest BCUT2D eigenvalue weighted by molar-refractivity contribution is 6.32. The number of nitrogens with zero attached hydrogens (tertiary/aromatic N) is 1. The van der Waals surface area contributed by atoms with Crippen LogP contribution < -0.4 is 14.8 Å². The first-order valence-electron chi connectivity index (χ1n) is 10.5. The van der Waals surface area contributed by atoms with E-state index in [-0.39, 0.29) is 12.4 Å². The fourth-order valence-electron chi connectivity index (χ4n) is 3.84. The minimum absolute atomic E-state index is 0.172. The highest BCUT2D eigenvalue weighted by Crippen LogP contribution is 2.37. The van der Waals surface area contributed by atoms with E-state index in [2.05, 4.69) is 17.1 Å². The zero-order chi connectivity index (χ0) is 21.5. The molecular weight excluding hydrogens is 426 g/mol. The molecule has 4 nitrogen and oxygen atoms in total. The van der Waals surface area contributed by atoms with Gasteiger partial charge >= 0.3 is 0 Å². The third kappa shape index (κ3) is 6.01. The second-order valence-electron chi connectivity index (χ2n) is 7.42. The van der Waals surface area contributed by atoms with Crippen LogP contribution in [0.25, 0.3) is 0 Å². The summed E-state index contributed by atoms with van der Waals surface area (Å²) in [4.78, 5) is 2.52. The zero-order valence-electron chi connectivity index (χ0n) is 17.5. The van der Waals surface area contributed by atoms with Gasteiger partial charge in [-0.2, -0.15) is 0 Å². The van der Waals surface area contributed by atoms with Crippen molar-refractivity contribution in [1.82, 2.24) is 10.2 Å². The molecule has 1 N–H and O–H groups in total. The lowest BCUT2D eigenvalue weighted by Crippen LogP contribution is -2.37. The number of halogens is 3. The Morgan fingerprint density at radius 1 is 1.13 bits per heavy atom. The third-order valence-electron chi connectivity index (χ3n) is 5.37. The molecule has 1 aliphatic heterocycles. The van der Waals surface area contributed by atoms with Crippen LogP contribution in [0, 0.1) is 5.82 Å². The molecule has 1 heterocycles. The topological polar surface area (TPSA) is 33.7 Å². The van der Waals surface area contributed by atoms with Gasteiger partial charge in [-0.3, -0.25) is 4.90 Å². The first-order chi connectivity index (χ1) is 14.5. The molecule has 2 aromatic rings. The van der Waals surface area contributed by atoms with Gasteiger partial charge in [0.2, 0.25) is 0 Å². The van der Waals surface area contributed by atoms with E-state index in [1.165, 1.54) is 31.5 Å². The molecule has 0 aromatic heterocycles. The molecule has 3 rings (SSSR count). The molecule has 0 spiro atoms. The first kappa shape index (κ1) is 23.1. The van der Waals surface area contributed by atoms with Gasteiger partial charge in [0, 0.05) is 24.7 Å². The van der Waals surface area contributed by atoms with Crippen LogP contribution in [-0.2, 0) is 13.2 Å². The van der Waals surface area contributed by atoms with Crippen LogP contribution in [-0.4, -0.2) is 37.2 Å². The molecule has 2 aromatic carbocycles. The minimum Gasteiger partial charge on any atom is -0.490 e. The lowest BCUT2D eigenvalue weighted by Gasteiger charge is -2.23. The van der Waals surface area contributed by atoms with Crippen molar-refractivity contribution in [3.8, 4) is 11.5 Å². The van der Waals surface area contributed by atoms with Crippen LogP contribution >= 0.6 is 23.2 Å². The summed E-state index contributed by atoms with van der Waals surface area (Å²) in [5, 5.41) is 4.34. The molecule has 0 amide bonds. The number of hydrogen-bond acceptors (Lipinski definition) is 4. The quantitative estimate of drug-likeness (QED) is 0.500. The van der Waals surface area contributed by atoms with E-state index in [1.54, 1.807) is 6.07 Å². The summed E-state index contributed by atoms with van der Waals surface area (Å²) in [6.45, 7) is 8.74. The van der Waals surface area contributed by atoms with Gasteiger partial charge in [0.15, 0.2) is 11.5 Å². The van der Waals surface area contributed by atoms with Crippen LogP contribution in [0.2, 0.25) is 10.0 Å². The van der Waals surface area contributed by atoms with Gasteiger partial charge in [-0.25, -0.2) is 4.39 Å². The van der Waals surface area contributed by atoms with Crippen LogP contribution in [0.1, 0.15) is 37.8 Å². The van der Waals surface area contributed by atoms with Crippen molar-refractivity contribution in [3.05, 3.63) is 57.3 Å². The lowest BCUT2D eigenvalue weighted by molar-refractivity contribution is 0.259. The van der Waals surface area contributed by atoms with E-state index in [0.717, 1.165) is 18.7 Å². The molecule has 7 heteroatoms. The SMILES string of the molecule is CCOc1cc(CNC[C@H]2CCCN2CC)cc(Cl)c1OCc1ccc(F)cc1Cl. The molecule has 0 aliphatic carbocycles. The highest BCUT2D eigenvalue weighted by atomic mass is 35.5. The van der Waals surface area contributed by atoms with E-state index in [9.17, 15) is 4.39 Å². The summed E-state index contributed by atoms with van der Waals surface area (Å²) < 4.78 is 24.9. The van der Waals surface area contributed by atoms with E-state index in [1.807, 2.05) is 19.1 Å². The second-order valence-corrected chi connectivity index (χ2v) is 8.23. The maximum absolute atomic E-state index is 13.3. The van der Waals surface area contributed by atoms with E-state index >= 15 is 0 Å². The average Bonchev–Trinajstić information content (AvgIpc) is 3.16. The Bertz CT molecular complexity index is 850. The number of benzene rings is 2. The van der Waals surface area contributed by atoms with Crippen molar-refractivity contribution in [2.45, 2.75) is 45.9 Å². The molecule has 0 radical (unpaired) electrons. The summed E-state index contributed by atoms with van der Waals surface area (Å²) in [5.74, 6) is 0.681. The van der Waals surface area contributed by atoms with Crippen LogP contribution in [0.5, 0.6) is 11.5 Å². The van der Waals surface area contributed by atoms with Crippen molar-refractivity contribution in [2.24, 2.45) is 0 Å². The Morgan fingerprint density at radius 3 is 2.70 bits per heavy atom. The molecule has 30 heavy (non-hydrogen) atoms. The Kier molecular flexibility index (Phi) is 8.63. The van der Waals surface area contributed by atoms with Crippen LogP contribution in [0.3, 0.4) is 0 Å². The fraction of sp³-hybridized carbons (Fsp3) is 0.478. The molecule has 1 aliphatic rings. The standard InChI is InChI=1S/C23H29Cl2FN2O2/c1-3-28-9-5-6-19(28)14-27-13-16-10-21(25)23(22(11-16)29-4-2)30-15-17-7-8-18(26)12-20(17)24/h7-8,10-12,19,27H,3-6,9,13-15H2,1-2H3/t19-/m1/s1. The monoisotopic (exact) mass is 454 g/mol. The largest absolute Gasteiger partial charge is 0.490 e. The third-order valence-corrected chi connectivity index (χ3v) is 6.00. The predicted molar refractivity (Wildman–Crippen MR) is 120 cm³/mol. The number of rotatable bonds is 10. The van der Waals surface area contributed by atoms with Gasteiger partial charge in [-0.05, 0) is 62.7 Å². The molecule has 1 fully saturated rings. The lowest BCUT2D eigenvalue weighted by atomic mass is 10.1. The Morgan fingerprint density at radius 2 is 1.97 bits per heavy atom. The molecule has 1 atom stereocenters. The average molecular weight is 455 g/mol. The van der Waals surface area contributed by atoms with E-state index in [0.29, 0.717) is 46.3 Å². The van der Waals surface area contributed by atoms with Crippen molar-refractivity contribution in [1.29, 1.82) is 0 Å². The normalized spacial score (nSPS) is 16.8. The van der Waals surface area contributed by atoms with Gasteiger partial charge in [-0.15, -0.1) is 0 Å². The van der Waals surface area contributed by atoms with Gasteiger partial charge in [0.25, 0.3) is 0 Å². The maximum atomic E-state index is 13.3. The second kappa shape index (κ2) is 11.2. The number of nitrogens with one attached hydrogen (secondary N) is 1.